The summed E-state index contributed by atoms with van der Waals surface area (Å²) in [5.41, 5.74) is 5.58. The van der Waals surface area contributed by atoms with Crippen molar-refractivity contribution in [1.29, 1.82) is 0 Å². The minimum atomic E-state index is 0.727. The Morgan fingerprint density at radius 2 is 2.07 bits per heavy atom. The zero-order valence-corrected chi connectivity index (χ0v) is 10.6. The zero-order valence-electron chi connectivity index (χ0n) is 10.6. The average molecular weight is 213 g/mol. The van der Waals surface area contributed by atoms with Crippen molar-refractivity contribution in [3.8, 4) is 0 Å². The number of piperazine rings is 1. The van der Waals surface area contributed by atoms with E-state index in [1.807, 2.05) is 0 Å². The Morgan fingerprint density at radius 3 is 2.60 bits per heavy atom. The molecule has 0 aromatic carbocycles. The largest absolute Gasteiger partial charge is 0.330 e. The predicted molar refractivity (Wildman–Crippen MR) is 66.0 cm³/mol. The molecule has 1 saturated heterocycles. The zero-order chi connectivity index (χ0) is 11.3. The van der Waals surface area contributed by atoms with Crippen LogP contribution < -0.4 is 5.73 Å². The number of nitrogens with two attached hydrogens (primary N) is 1. The van der Waals surface area contributed by atoms with Crippen molar-refractivity contribution in [1.82, 2.24) is 9.80 Å². The second-order valence-electron chi connectivity index (χ2n) is 4.88. The van der Waals surface area contributed by atoms with E-state index in [4.69, 9.17) is 5.73 Å². The summed E-state index contributed by atoms with van der Waals surface area (Å²) in [5, 5.41) is 0. The first-order valence-corrected chi connectivity index (χ1v) is 6.35. The van der Waals surface area contributed by atoms with E-state index in [0.29, 0.717) is 0 Å². The first kappa shape index (κ1) is 12.9. The normalized spacial score (nSPS) is 25.0. The molecule has 0 saturated carbocycles. The molecule has 3 heteroatoms. The van der Waals surface area contributed by atoms with E-state index < -0.39 is 0 Å². The Bertz CT molecular complexity index is 170. The fourth-order valence-corrected chi connectivity index (χ4v) is 2.40. The topological polar surface area (TPSA) is 32.5 Å². The molecule has 0 spiro atoms. The molecule has 1 aliphatic rings. The van der Waals surface area contributed by atoms with Gasteiger partial charge < -0.3 is 10.6 Å². The van der Waals surface area contributed by atoms with Crippen LogP contribution in [0, 0.1) is 5.92 Å². The summed E-state index contributed by atoms with van der Waals surface area (Å²) in [6.45, 7) is 13.8. The summed E-state index contributed by atoms with van der Waals surface area (Å²) in [6, 6.07) is 0.727. The van der Waals surface area contributed by atoms with E-state index in [0.717, 1.165) is 24.9 Å². The maximum Gasteiger partial charge on any atom is 0.0246 e. The Labute approximate surface area is 94.6 Å². The predicted octanol–water partition coefficient (Wildman–Crippen LogP) is 0.997. The van der Waals surface area contributed by atoms with E-state index in [9.17, 15) is 0 Å². The van der Waals surface area contributed by atoms with Crippen molar-refractivity contribution in [2.75, 3.05) is 39.3 Å². The van der Waals surface area contributed by atoms with Crippen LogP contribution in [0.1, 0.15) is 27.2 Å². The summed E-state index contributed by atoms with van der Waals surface area (Å²) < 4.78 is 0. The highest BCUT2D eigenvalue weighted by molar-refractivity contribution is 4.83. The fraction of sp³-hybridized carbons (Fsp3) is 1.00. The van der Waals surface area contributed by atoms with E-state index >= 15 is 0 Å². The van der Waals surface area contributed by atoms with E-state index in [1.165, 1.54) is 32.7 Å². The summed E-state index contributed by atoms with van der Waals surface area (Å²) in [5.74, 6) is 0.747. The molecule has 1 aliphatic heterocycles. The van der Waals surface area contributed by atoms with Gasteiger partial charge in [-0.15, -0.1) is 0 Å². The van der Waals surface area contributed by atoms with E-state index in [-0.39, 0.29) is 0 Å². The Kier molecular flexibility index (Phi) is 5.58. The van der Waals surface area contributed by atoms with Crippen molar-refractivity contribution >= 4 is 0 Å². The highest BCUT2D eigenvalue weighted by atomic mass is 15.3. The maximum absolute atomic E-state index is 5.58. The van der Waals surface area contributed by atoms with Gasteiger partial charge in [0.25, 0.3) is 0 Å². The molecule has 1 fully saturated rings. The van der Waals surface area contributed by atoms with Gasteiger partial charge in [0, 0.05) is 25.7 Å². The maximum atomic E-state index is 5.58. The van der Waals surface area contributed by atoms with Crippen molar-refractivity contribution in [2.24, 2.45) is 11.7 Å². The first-order valence-electron chi connectivity index (χ1n) is 6.35. The van der Waals surface area contributed by atoms with Gasteiger partial charge in [0.2, 0.25) is 0 Å². The smallest absolute Gasteiger partial charge is 0.0246 e. The molecule has 1 heterocycles. The van der Waals surface area contributed by atoms with E-state index in [2.05, 4.69) is 30.6 Å². The van der Waals surface area contributed by atoms with Crippen LogP contribution in [0.15, 0.2) is 0 Å². The monoisotopic (exact) mass is 213 g/mol. The lowest BCUT2D eigenvalue weighted by atomic mass is 9.99. The SMILES string of the molecule is CCN1CCN(CCCN)C(C(C)C)C1. The Balaban J connectivity index is 2.47. The summed E-state index contributed by atoms with van der Waals surface area (Å²) in [4.78, 5) is 5.19. The first-order chi connectivity index (χ1) is 7.19. The average Bonchev–Trinajstić information content (AvgIpc) is 2.26. The second kappa shape index (κ2) is 6.46. The molecule has 0 aromatic rings. The molecular formula is C12H27N3. The Morgan fingerprint density at radius 1 is 1.33 bits per heavy atom. The van der Waals surface area contributed by atoms with Crippen molar-refractivity contribution in [2.45, 2.75) is 33.2 Å². The minimum Gasteiger partial charge on any atom is -0.330 e. The molecule has 3 nitrogen and oxygen atoms in total. The third-order valence-corrected chi connectivity index (χ3v) is 3.48. The standard InChI is InChI=1S/C12H27N3/c1-4-14-8-9-15(7-5-6-13)12(10-14)11(2)3/h11-12H,4-10,13H2,1-3H3. The molecular weight excluding hydrogens is 186 g/mol. The van der Waals surface area contributed by atoms with Crippen LogP contribution in [-0.2, 0) is 0 Å². The van der Waals surface area contributed by atoms with Gasteiger partial charge in [-0.25, -0.2) is 0 Å². The molecule has 1 rings (SSSR count). The van der Waals surface area contributed by atoms with Crippen molar-refractivity contribution in [3.05, 3.63) is 0 Å². The molecule has 90 valence electrons. The lowest BCUT2D eigenvalue weighted by molar-refractivity contribution is 0.0524. The van der Waals surface area contributed by atoms with Crippen LogP contribution in [-0.4, -0.2) is 55.1 Å². The molecule has 1 unspecified atom stereocenters. The van der Waals surface area contributed by atoms with Crippen LogP contribution in [0.25, 0.3) is 0 Å². The van der Waals surface area contributed by atoms with Crippen LogP contribution in [0.2, 0.25) is 0 Å². The Hall–Kier alpha value is -0.120. The quantitative estimate of drug-likeness (QED) is 0.739. The highest BCUT2D eigenvalue weighted by Gasteiger charge is 2.27. The van der Waals surface area contributed by atoms with Gasteiger partial charge in [0.1, 0.15) is 0 Å². The third-order valence-electron chi connectivity index (χ3n) is 3.48. The second-order valence-corrected chi connectivity index (χ2v) is 4.88. The molecule has 0 radical (unpaired) electrons. The van der Waals surface area contributed by atoms with Gasteiger partial charge in [-0.1, -0.05) is 20.8 Å². The fourth-order valence-electron chi connectivity index (χ4n) is 2.40. The van der Waals surface area contributed by atoms with Gasteiger partial charge in [0.05, 0.1) is 0 Å². The van der Waals surface area contributed by atoms with Crippen molar-refractivity contribution in [3.63, 3.8) is 0 Å². The molecule has 0 bridgehead atoms. The van der Waals surface area contributed by atoms with Crippen LogP contribution in [0.3, 0.4) is 0 Å². The molecule has 1 atom stereocenters. The van der Waals surface area contributed by atoms with Crippen LogP contribution in [0.4, 0.5) is 0 Å². The highest BCUT2D eigenvalue weighted by Crippen LogP contribution is 2.17. The molecule has 2 N–H and O–H groups in total. The number of likely N-dealkylation sites (N-methyl/N-ethyl adjacent to an activating group) is 1. The lowest BCUT2D eigenvalue weighted by Gasteiger charge is -2.43. The number of hydrogen-bond donors (Lipinski definition) is 1. The lowest BCUT2D eigenvalue weighted by Crippen LogP contribution is -2.55. The van der Waals surface area contributed by atoms with Crippen molar-refractivity contribution < 1.29 is 0 Å². The number of hydrogen-bond acceptors (Lipinski definition) is 3. The molecule has 0 aliphatic carbocycles. The summed E-state index contributed by atoms with van der Waals surface area (Å²) >= 11 is 0. The third kappa shape index (κ3) is 3.74. The summed E-state index contributed by atoms with van der Waals surface area (Å²) in [7, 11) is 0. The van der Waals surface area contributed by atoms with Crippen LogP contribution >= 0.6 is 0 Å². The molecule has 0 aromatic heterocycles. The van der Waals surface area contributed by atoms with Gasteiger partial charge in [-0.3, -0.25) is 4.90 Å². The number of rotatable bonds is 5. The van der Waals surface area contributed by atoms with Crippen LogP contribution in [0.5, 0.6) is 0 Å². The van der Waals surface area contributed by atoms with Gasteiger partial charge >= 0.3 is 0 Å². The summed E-state index contributed by atoms with van der Waals surface area (Å²) in [6.07, 6.45) is 1.13. The van der Waals surface area contributed by atoms with E-state index in [1.54, 1.807) is 0 Å². The minimum absolute atomic E-state index is 0.727. The van der Waals surface area contributed by atoms with Gasteiger partial charge in [-0.2, -0.15) is 0 Å². The molecule has 0 amide bonds. The number of nitrogens with zero attached hydrogens (tertiary/aromatic N) is 2. The van der Waals surface area contributed by atoms with Gasteiger partial charge in [0.15, 0.2) is 0 Å². The molecule has 15 heavy (non-hydrogen) atoms. The van der Waals surface area contributed by atoms with Gasteiger partial charge in [-0.05, 0) is 32.0 Å².